The lowest BCUT2D eigenvalue weighted by Crippen LogP contribution is -2.29. The number of carbonyl (C=O) groups excluding carboxylic acids is 2. The fourth-order valence-electron chi connectivity index (χ4n) is 3.76. The zero-order valence-electron chi connectivity index (χ0n) is 17.0. The second-order valence-corrected chi connectivity index (χ2v) is 7.25. The number of Topliss-reactive ketones (excluding diaryl/α,β-unsaturated/α-hetero) is 1. The molecule has 1 amide bonds. The maximum Gasteiger partial charge on any atom is 0.300 e. The molecule has 1 unspecified atom stereocenters. The van der Waals surface area contributed by atoms with Crippen LogP contribution in [0.4, 0.5) is 10.1 Å². The normalized spacial score (nSPS) is 17.8. The van der Waals surface area contributed by atoms with Crippen molar-refractivity contribution in [1.29, 1.82) is 0 Å². The van der Waals surface area contributed by atoms with Gasteiger partial charge in [0, 0.05) is 17.3 Å². The number of benzene rings is 3. The largest absolute Gasteiger partial charge is 0.507 e. The van der Waals surface area contributed by atoms with Gasteiger partial charge in [-0.15, -0.1) is 0 Å². The van der Waals surface area contributed by atoms with E-state index in [1.165, 1.54) is 30.2 Å². The first-order valence-electron chi connectivity index (χ1n) is 9.69. The molecule has 1 fully saturated rings. The van der Waals surface area contributed by atoms with Gasteiger partial charge in [-0.3, -0.25) is 14.5 Å². The van der Waals surface area contributed by atoms with Crippen LogP contribution in [0.15, 0.2) is 78.4 Å². The van der Waals surface area contributed by atoms with Gasteiger partial charge in [0.1, 0.15) is 17.3 Å². The van der Waals surface area contributed by atoms with Gasteiger partial charge in [-0.2, -0.15) is 0 Å². The van der Waals surface area contributed by atoms with Crippen LogP contribution >= 0.6 is 0 Å². The van der Waals surface area contributed by atoms with E-state index in [-0.39, 0.29) is 16.9 Å². The maximum absolute atomic E-state index is 13.7. The highest BCUT2D eigenvalue weighted by Crippen LogP contribution is 2.42. The predicted molar refractivity (Wildman–Crippen MR) is 115 cm³/mol. The molecule has 6 heteroatoms. The van der Waals surface area contributed by atoms with Crippen LogP contribution in [-0.4, -0.2) is 23.9 Å². The molecule has 5 nitrogen and oxygen atoms in total. The second-order valence-electron chi connectivity index (χ2n) is 7.25. The van der Waals surface area contributed by atoms with Crippen LogP contribution < -0.4 is 9.64 Å². The summed E-state index contributed by atoms with van der Waals surface area (Å²) in [4.78, 5) is 27.5. The molecule has 0 saturated carbocycles. The standard InChI is InChI=1S/C25H20FNO4/c1-15-13-17(11-12-20(15)26)23(28)21-22(16-7-4-3-5-8-16)27(25(30)24(21)29)18-9-6-10-19(14-18)31-2/h3-14,22,28H,1-2H3/b23-21+. The molecule has 1 saturated heterocycles. The van der Waals surface area contributed by atoms with Crippen molar-refractivity contribution in [3.05, 3.63) is 101 Å². The van der Waals surface area contributed by atoms with E-state index < -0.39 is 23.5 Å². The number of anilines is 1. The van der Waals surface area contributed by atoms with Gasteiger partial charge < -0.3 is 9.84 Å². The van der Waals surface area contributed by atoms with E-state index in [4.69, 9.17) is 4.74 Å². The summed E-state index contributed by atoms with van der Waals surface area (Å²) < 4.78 is 19.0. The summed E-state index contributed by atoms with van der Waals surface area (Å²) in [6.45, 7) is 1.57. The average Bonchev–Trinajstić information content (AvgIpc) is 3.06. The molecule has 3 aromatic carbocycles. The highest BCUT2D eigenvalue weighted by atomic mass is 19.1. The number of rotatable bonds is 4. The van der Waals surface area contributed by atoms with Crippen molar-refractivity contribution in [2.45, 2.75) is 13.0 Å². The number of amides is 1. The van der Waals surface area contributed by atoms with Gasteiger partial charge in [0.2, 0.25) is 0 Å². The zero-order chi connectivity index (χ0) is 22.1. The fourth-order valence-corrected chi connectivity index (χ4v) is 3.76. The van der Waals surface area contributed by atoms with Crippen molar-refractivity contribution >= 4 is 23.1 Å². The number of ketones is 1. The van der Waals surface area contributed by atoms with Crippen LogP contribution in [0, 0.1) is 12.7 Å². The third kappa shape index (κ3) is 3.57. The molecule has 156 valence electrons. The molecule has 1 N–H and O–H groups in total. The summed E-state index contributed by atoms with van der Waals surface area (Å²) in [5.74, 6) is -1.81. The van der Waals surface area contributed by atoms with Crippen LogP contribution in [0.5, 0.6) is 5.75 Å². The SMILES string of the molecule is COc1cccc(N2C(=O)C(=O)/C(=C(/O)c3ccc(F)c(C)c3)C2c2ccccc2)c1. The number of methoxy groups -OCH3 is 1. The van der Waals surface area contributed by atoms with Crippen molar-refractivity contribution in [3.63, 3.8) is 0 Å². The van der Waals surface area contributed by atoms with Crippen LogP contribution in [0.1, 0.15) is 22.7 Å². The predicted octanol–water partition coefficient (Wildman–Crippen LogP) is 4.77. The molecular formula is C25H20FNO4. The van der Waals surface area contributed by atoms with Crippen molar-refractivity contribution in [2.24, 2.45) is 0 Å². The number of hydrogen-bond donors (Lipinski definition) is 1. The fraction of sp³-hybridized carbons (Fsp3) is 0.120. The molecular weight excluding hydrogens is 397 g/mol. The van der Waals surface area contributed by atoms with Gasteiger partial charge in [0.15, 0.2) is 0 Å². The molecule has 31 heavy (non-hydrogen) atoms. The molecule has 0 aromatic heterocycles. The van der Waals surface area contributed by atoms with Crippen LogP contribution in [0.3, 0.4) is 0 Å². The minimum absolute atomic E-state index is 0.0509. The number of halogens is 1. The van der Waals surface area contributed by atoms with E-state index in [2.05, 4.69) is 0 Å². The summed E-state index contributed by atoms with van der Waals surface area (Å²) in [7, 11) is 1.51. The van der Waals surface area contributed by atoms with E-state index in [1.54, 1.807) is 55.5 Å². The molecule has 1 heterocycles. The smallest absolute Gasteiger partial charge is 0.300 e. The number of ether oxygens (including phenoxy) is 1. The Morgan fingerprint density at radius 2 is 1.74 bits per heavy atom. The number of carbonyl (C=O) groups is 2. The quantitative estimate of drug-likeness (QED) is 0.377. The topological polar surface area (TPSA) is 66.8 Å². The molecule has 4 rings (SSSR count). The molecule has 3 aromatic rings. The lowest BCUT2D eigenvalue weighted by Gasteiger charge is -2.25. The Morgan fingerprint density at radius 1 is 1.00 bits per heavy atom. The van der Waals surface area contributed by atoms with Gasteiger partial charge in [-0.05, 0) is 48.4 Å². The highest BCUT2D eigenvalue weighted by molar-refractivity contribution is 6.51. The van der Waals surface area contributed by atoms with E-state index in [0.717, 1.165) is 0 Å². The summed E-state index contributed by atoms with van der Waals surface area (Å²) in [5, 5.41) is 11.1. The van der Waals surface area contributed by atoms with Crippen molar-refractivity contribution in [3.8, 4) is 5.75 Å². The number of aliphatic hydroxyl groups is 1. The van der Waals surface area contributed by atoms with Crippen molar-refractivity contribution in [1.82, 2.24) is 0 Å². The third-order valence-electron chi connectivity index (χ3n) is 5.32. The zero-order valence-corrected chi connectivity index (χ0v) is 17.0. The summed E-state index contributed by atoms with van der Waals surface area (Å²) >= 11 is 0. The van der Waals surface area contributed by atoms with Crippen molar-refractivity contribution in [2.75, 3.05) is 12.0 Å². The number of aryl methyl sites for hydroxylation is 1. The lowest BCUT2D eigenvalue weighted by atomic mass is 9.94. The molecule has 0 spiro atoms. The lowest BCUT2D eigenvalue weighted by molar-refractivity contribution is -0.132. The highest BCUT2D eigenvalue weighted by Gasteiger charge is 2.47. The van der Waals surface area contributed by atoms with E-state index in [1.807, 2.05) is 6.07 Å². The molecule has 1 aliphatic heterocycles. The first kappa shape index (κ1) is 20.3. The van der Waals surface area contributed by atoms with Gasteiger partial charge >= 0.3 is 0 Å². The molecule has 1 aliphatic rings. The van der Waals surface area contributed by atoms with Gasteiger partial charge in [0.05, 0.1) is 18.7 Å². The Kier molecular flexibility index (Phi) is 5.29. The number of hydrogen-bond acceptors (Lipinski definition) is 4. The number of nitrogens with zero attached hydrogens (tertiary/aromatic N) is 1. The first-order valence-corrected chi connectivity index (χ1v) is 9.69. The average molecular weight is 417 g/mol. The Balaban J connectivity index is 1.94. The summed E-state index contributed by atoms with van der Waals surface area (Å²) in [6.07, 6.45) is 0. The Labute approximate surface area is 179 Å². The maximum atomic E-state index is 13.7. The minimum Gasteiger partial charge on any atom is -0.507 e. The Hall–Kier alpha value is -3.93. The summed E-state index contributed by atoms with van der Waals surface area (Å²) in [5.41, 5.74) is 1.66. The van der Waals surface area contributed by atoms with E-state index in [9.17, 15) is 19.1 Å². The third-order valence-corrected chi connectivity index (χ3v) is 5.32. The second kappa shape index (κ2) is 8.07. The summed E-state index contributed by atoms with van der Waals surface area (Å²) in [6, 6.07) is 19.0. The van der Waals surface area contributed by atoms with E-state index >= 15 is 0 Å². The van der Waals surface area contributed by atoms with Gasteiger partial charge in [-0.1, -0.05) is 36.4 Å². The number of aliphatic hydroxyl groups excluding tert-OH is 1. The Bertz CT molecular complexity index is 1200. The van der Waals surface area contributed by atoms with Crippen molar-refractivity contribution < 1.29 is 23.8 Å². The molecule has 1 atom stereocenters. The van der Waals surface area contributed by atoms with Crippen LogP contribution in [0.25, 0.3) is 5.76 Å². The minimum atomic E-state index is -0.848. The van der Waals surface area contributed by atoms with Gasteiger partial charge in [-0.25, -0.2) is 4.39 Å². The first-order chi connectivity index (χ1) is 14.9. The monoisotopic (exact) mass is 417 g/mol. The molecule has 0 radical (unpaired) electrons. The van der Waals surface area contributed by atoms with Gasteiger partial charge in [0.25, 0.3) is 11.7 Å². The van der Waals surface area contributed by atoms with Crippen LogP contribution in [0.2, 0.25) is 0 Å². The van der Waals surface area contributed by atoms with E-state index in [0.29, 0.717) is 22.6 Å². The Morgan fingerprint density at radius 3 is 2.42 bits per heavy atom. The molecule has 0 bridgehead atoms. The molecule has 0 aliphatic carbocycles. The van der Waals surface area contributed by atoms with Crippen LogP contribution in [-0.2, 0) is 9.59 Å².